The fourth-order valence-corrected chi connectivity index (χ4v) is 3.94. The number of carbonyl (C=O) groups excluding carboxylic acids is 3. The van der Waals surface area contributed by atoms with Gasteiger partial charge in [-0.2, -0.15) is 0 Å². The number of hydrogen-bond acceptors (Lipinski definition) is 5. The molecule has 1 aliphatic heterocycles. The number of methoxy groups -OCH3 is 2. The summed E-state index contributed by atoms with van der Waals surface area (Å²) in [5.74, 6) is -2.14. The van der Waals surface area contributed by atoms with Crippen LogP contribution in [0.2, 0.25) is 0 Å². The van der Waals surface area contributed by atoms with E-state index in [0.717, 1.165) is 0 Å². The van der Waals surface area contributed by atoms with Crippen LogP contribution < -0.4 is 5.32 Å². The lowest BCUT2D eigenvalue weighted by atomic mass is 9.44. The Morgan fingerprint density at radius 3 is 2.00 bits per heavy atom. The maximum Gasteiger partial charge on any atom is 0.334 e. The Bertz CT molecular complexity index is 634. The minimum Gasteiger partial charge on any atom is -0.466 e. The van der Waals surface area contributed by atoms with Gasteiger partial charge in [-0.25, -0.2) is 9.59 Å². The van der Waals surface area contributed by atoms with Crippen molar-refractivity contribution in [1.29, 1.82) is 0 Å². The number of hydrogen-bond donors (Lipinski definition) is 1. The molecule has 4 unspecified atom stereocenters. The Hall–Kier alpha value is -2.11. The molecule has 2 bridgehead atoms. The van der Waals surface area contributed by atoms with Gasteiger partial charge >= 0.3 is 11.9 Å². The van der Waals surface area contributed by atoms with E-state index in [0.29, 0.717) is 0 Å². The van der Waals surface area contributed by atoms with Gasteiger partial charge in [-0.3, -0.25) is 4.79 Å². The molecule has 0 radical (unpaired) electrons. The molecule has 0 aromatic carbocycles. The van der Waals surface area contributed by atoms with Crippen LogP contribution >= 0.6 is 0 Å². The number of esters is 2. The number of ether oxygens (including phenoxy) is 2. The van der Waals surface area contributed by atoms with E-state index in [1.54, 1.807) is 0 Å². The summed E-state index contributed by atoms with van der Waals surface area (Å²) in [4.78, 5) is 36.5. The Morgan fingerprint density at radius 1 is 1.05 bits per heavy atom. The van der Waals surface area contributed by atoms with Crippen molar-refractivity contribution in [2.45, 2.75) is 19.4 Å². The minimum absolute atomic E-state index is 0.116. The zero-order chi connectivity index (χ0) is 15.6. The molecule has 1 saturated heterocycles. The monoisotopic (exact) mass is 291 g/mol. The van der Waals surface area contributed by atoms with Gasteiger partial charge in [0, 0.05) is 11.8 Å². The zero-order valence-electron chi connectivity index (χ0n) is 12.4. The van der Waals surface area contributed by atoms with Gasteiger partial charge in [-0.1, -0.05) is 12.2 Å². The Morgan fingerprint density at radius 2 is 1.52 bits per heavy atom. The lowest BCUT2D eigenvalue weighted by Crippen LogP contribution is -2.82. The van der Waals surface area contributed by atoms with Crippen molar-refractivity contribution in [3.05, 3.63) is 23.3 Å². The van der Waals surface area contributed by atoms with E-state index in [-0.39, 0.29) is 17.1 Å². The molecular formula is C15H17NO5. The molecule has 1 heterocycles. The molecule has 3 aliphatic carbocycles. The summed E-state index contributed by atoms with van der Waals surface area (Å²) < 4.78 is 9.65. The van der Waals surface area contributed by atoms with Gasteiger partial charge in [0.25, 0.3) is 0 Å². The van der Waals surface area contributed by atoms with Gasteiger partial charge in [-0.05, 0) is 13.8 Å². The first-order valence-electron chi connectivity index (χ1n) is 6.74. The van der Waals surface area contributed by atoms with Crippen LogP contribution in [-0.2, 0) is 23.9 Å². The van der Waals surface area contributed by atoms with E-state index >= 15 is 0 Å². The van der Waals surface area contributed by atoms with Crippen molar-refractivity contribution in [3.8, 4) is 0 Å². The number of carbonyl (C=O) groups is 3. The first-order chi connectivity index (χ1) is 9.82. The van der Waals surface area contributed by atoms with E-state index in [9.17, 15) is 14.4 Å². The summed E-state index contributed by atoms with van der Waals surface area (Å²) >= 11 is 0. The largest absolute Gasteiger partial charge is 0.466 e. The Kier molecular flexibility index (Phi) is 2.61. The molecule has 0 aromatic heterocycles. The molecule has 21 heavy (non-hydrogen) atoms. The predicted octanol–water partition coefficient (Wildman–Crippen LogP) is 0.340. The maximum atomic E-state index is 12.2. The topological polar surface area (TPSA) is 81.7 Å². The van der Waals surface area contributed by atoms with Crippen LogP contribution in [0.4, 0.5) is 0 Å². The summed E-state index contributed by atoms with van der Waals surface area (Å²) in [6, 6.07) is 0. The van der Waals surface area contributed by atoms with Gasteiger partial charge in [0.15, 0.2) is 0 Å². The fourth-order valence-electron chi connectivity index (χ4n) is 3.94. The molecule has 0 spiro atoms. The van der Waals surface area contributed by atoms with Gasteiger partial charge < -0.3 is 14.8 Å². The van der Waals surface area contributed by atoms with Crippen molar-refractivity contribution < 1.29 is 23.9 Å². The molecule has 0 aromatic rings. The van der Waals surface area contributed by atoms with Gasteiger partial charge in [0.1, 0.15) is 0 Å². The highest BCUT2D eigenvalue weighted by molar-refractivity contribution is 6.07. The molecular weight excluding hydrogens is 274 g/mol. The average molecular weight is 291 g/mol. The van der Waals surface area contributed by atoms with Crippen molar-refractivity contribution in [2.24, 2.45) is 17.3 Å². The highest BCUT2D eigenvalue weighted by Crippen LogP contribution is 2.62. The molecule has 6 heteroatoms. The number of β-lactam (4-membered cyclic amide) rings is 1. The van der Waals surface area contributed by atoms with Crippen molar-refractivity contribution >= 4 is 17.8 Å². The summed E-state index contributed by atoms with van der Waals surface area (Å²) in [7, 11) is 2.54. The quantitative estimate of drug-likeness (QED) is 0.451. The third-order valence-electron chi connectivity index (χ3n) is 5.39. The number of allylic oxidation sites excluding steroid dienone is 1. The smallest absolute Gasteiger partial charge is 0.334 e. The first kappa shape index (κ1) is 13.9. The Balaban J connectivity index is 2.25. The molecule has 112 valence electrons. The van der Waals surface area contributed by atoms with E-state index in [1.807, 2.05) is 26.0 Å². The second kappa shape index (κ2) is 3.96. The molecule has 0 saturated carbocycles. The third kappa shape index (κ3) is 1.30. The van der Waals surface area contributed by atoms with Crippen LogP contribution in [0.15, 0.2) is 23.3 Å². The van der Waals surface area contributed by atoms with Crippen LogP contribution in [-0.4, -0.2) is 37.6 Å². The van der Waals surface area contributed by atoms with Gasteiger partial charge in [0.2, 0.25) is 5.91 Å². The van der Waals surface area contributed by atoms with Crippen LogP contribution in [0, 0.1) is 17.3 Å². The zero-order valence-corrected chi connectivity index (χ0v) is 12.4. The number of nitrogens with one attached hydrogen (secondary N) is 1. The molecule has 4 rings (SSSR count). The third-order valence-corrected chi connectivity index (χ3v) is 5.39. The lowest BCUT2D eigenvalue weighted by Gasteiger charge is -2.65. The van der Waals surface area contributed by atoms with Crippen LogP contribution in [0.5, 0.6) is 0 Å². The van der Waals surface area contributed by atoms with Crippen molar-refractivity contribution in [2.75, 3.05) is 14.2 Å². The van der Waals surface area contributed by atoms with Crippen LogP contribution in [0.25, 0.3) is 0 Å². The highest BCUT2D eigenvalue weighted by Gasteiger charge is 2.72. The number of rotatable bonds is 2. The second-order valence-electron chi connectivity index (χ2n) is 6.01. The molecule has 1 amide bonds. The van der Waals surface area contributed by atoms with E-state index in [1.165, 1.54) is 14.2 Å². The van der Waals surface area contributed by atoms with E-state index in [4.69, 9.17) is 9.47 Å². The Labute approximate surface area is 122 Å². The molecule has 4 aliphatic rings. The SMILES string of the molecule is COC(=O)C1=C(C(=O)OC)C2C=CC1C1(C)NC(=O)C21C. The standard InChI is InChI=1S/C15H17NO5/c1-14-7-5-6-8(15(14,2)16-13(14)19)10(12(18)21-4)9(7)11(17)20-3/h5-8H,1-4H3,(H,16,19). The normalized spacial score (nSPS) is 39.3. The van der Waals surface area contributed by atoms with Gasteiger partial charge in [0.05, 0.1) is 36.3 Å². The van der Waals surface area contributed by atoms with E-state index in [2.05, 4.69) is 5.32 Å². The summed E-state index contributed by atoms with van der Waals surface area (Å²) in [6.45, 7) is 3.72. The number of amides is 1. The molecule has 6 nitrogen and oxygen atoms in total. The predicted molar refractivity (Wildman–Crippen MR) is 71.8 cm³/mol. The molecule has 1 fully saturated rings. The molecule has 1 N–H and O–H groups in total. The highest BCUT2D eigenvalue weighted by atomic mass is 16.5. The van der Waals surface area contributed by atoms with Crippen LogP contribution in [0.3, 0.4) is 0 Å². The lowest BCUT2D eigenvalue weighted by molar-refractivity contribution is -0.166. The summed E-state index contributed by atoms with van der Waals surface area (Å²) in [5, 5.41) is 2.90. The van der Waals surface area contributed by atoms with Crippen molar-refractivity contribution in [1.82, 2.24) is 5.32 Å². The maximum absolute atomic E-state index is 12.2. The summed E-state index contributed by atoms with van der Waals surface area (Å²) in [5.41, 5.74) is -0.818. The van der Waals surface area contributed by atoms with Crippen LogP contribution in [0.1, 0.15) is 13.8 Å². The van der Waals surface area contributed by atoms with Gasteiger partial charge in [-0.15, -0.1) is 0 Å². The molecule has 4 atom stereocenters. The van der Waals surface area contributed by atoms with Crippen molar-refractivity contribution in [3.63, 3.8) is 0 Å². The fraction of sp³-hybridized carbons (Fsp3) is 0.533. The second-order valence-corrected chi connectivity index (χ2v) is 6.01. The average Bonchev–Trinajstić information content (AvgIpc) is 2.49. The van der Waals surface area contributed by atoms with E-state index < -0.39 is 34.7 Å². The minimum atomic E-state index is -0.756. The summed E-state index contributed by atoms with van der Waals surface area (Å²) in [6.07, 6.45) is 3.69. The first-order valence-corrected chi connectivity index (χ1v) is 6.74.